The lowest BCUT2D eigenvalue weighted by Crippen LogP contribution is -2.50. The molecule has 2 rings (SSSR count). The maximum absolute atomic E-state index is 12.7. The summed E-state index contributed by atoms with van der Waals surface area (Å²) in [7, 11) is 0. The van der Waals surface area contributed by atoms with Gasteiger partial charge in [-0.3, -0.25) is 0 Å². The molecule has 0 aliphatic heterocycles. The summed E-state index contributed by atoms with van der Waals surface area (Å²) in [6.07, 6.45) is 0. The highest BCUT2D eigenvalue weighted by atomic mass is 79.9. The fourth-order valence-electron chi connectivity index (χ4n) is 2.18. The molecule has 0 saturated carbocycles. The van der Waals surface area contributed by atoms with Gasteiger partial charge in [0.25, 0.3) is 0 Å². The van der Waals surface area contributed by atoms with Gasteiger partial charge in [0, 0.05) is 15.8 Å². The SMILES string of the molecule is CC(N[S+]([O-])C(C)(C)C)(c1ccccc1)c1ccc(Br)cc1. The van der Waals surface area contributed by atoms with Gasteiger partial charge in [-0.05, 0) is 51.0 Å². The number of benzene rings is 2. The average Bonchev–Trinajstić information content (AvgIpc) is 2.47. The third-order valence-electron chi connectivity index (χ3n) is 3.63. The normalized spacial score (nSPS) is 16.1. The Kier molecular flexibility index (Phi) is 5.38. The van der Waals surface area contributed by atoms with E-state index in [0.717, 1.165) is 15.6 Å². The van der Waals surface area contributed by atoms with E-state index in [1.165, 1.54) is 0 Å². The summed E-state index contributed by atoms with van der Waals surface area (Å²) in [5.74, 6) is 0. The van der Waals surface area contributed by atoms with Crippen molar-refractivity contribution in [3.63, 3.8) is 0 Å². The Balaban J connectivity index is 2.47. The van der Waals surface area contributed by atoms with Crippen molar-refractivity contribution in [3.8, 4) is 0 Å². The second kappa shape index (κ2) is 6.75. The highest BCUT2D eigenvalue weighted by molar-refractivity contribution is 9.10. The van der Waals surface area contributed by atoms with Gasteiger partial charge in [-0.25, -0.2) is 0 Å². The number of hydrogen-bond donors (Lipinski definition) is 1. The molecule has 4 heteroatoms. The van der Waals surface area contributed by atoms with E-state index in [1.807, 2.05) is 51.1 Å². The van der Waals surface area contributed by atoms with Crippen molar-refractivity contribution >= 4 is 27.3 Å². The molecular weight excluding hydrogens is 358 g/mol. The minimum Gasteiger partial charge on any atom is -0.598 e. The van der Waals surface area contributed by atoms with Crippen LogP contribution >= 0.6 is 15.9 Å². The Morgan fingerprint density at radius 2 is 1.36 bits per heavy atom. The molecule has 0 fully saturated rings. The van der Waals surface area contributed by atoms with Crippen LogP contribution in [0, 0.1) is 0 Å². The smallest absolute Gasteiger partial charge is 0.136 e. The summed E-state index contributed by atoms with van der Waals surface area (Å²) in [4.78, 5) is 0. The van der Waals surface area contributed by atoms with Crippen molar-refractivity contribution < 1.29 is 4.55 Å². The highest BCUT2D eigenvalue weighted by Gasteiger charge is 2.38. The summed E-state index contributed by atoms with van der Waals surface area (Å²) in [6.45, 7) is 8.00. The standard InChI is InChI=1S/C18H22BrNOS/c1-17(2,3)22(21)20-18(4,14-8-6-5-7-9-14)15-10-12-16(19)13-11-15/h5-13,20H,1-4H3. The first kappa shape index (κ1) is 17.5. The predicted molar refractivity (Wildman–Crippen MR) is 98.1 cm³/mol. The maximum Gasteiger partial charge on any atom is 0.136 e. The molecule has 2 aromatic rings. The van der Waals surface area contributed by atoms with E-state index in [2.05, 4.69) is 51.8 Å². The van der Waals surface area contributed by atoms with Crippen LogP contribution < -0.4 is 4.72 Å². The fourth-order valence-corrected chi connectivity index (χ4v) is 3.35. The third-order valence-corrected chi connectivity index (χ3v) is 5.86. The predicted octanol–water partition coefficient (Wildman–Crippen LogP) is 4.76. The van der Waals surface area contributed by atoms with Gasteiger partial charge >= 0.3 is 0 Å². The quantitative estimate of drug-likeness (QED) is 0.776. The molecule has 118 valence electrons. The summed E-state index contributed by atoms with van der Waals surface area (Å²) in [5, 5.41) is 0. The number of halogens is 1. The third kappa shape index (κ3) is 3.93. The zero-order valence-corrected chi connectivity index (χ0v) is 15.8. The Morgan fingerprint density at radius 3 is 1.86 bits per heavy atom. The van der Waals surface area contributed by atoms with Gasteiger partial charge in [-0.2, -0.15) is 0 Å². The lowest BCUT2D eigenvalue weighted by Gasteiger charge is -2.35. The number of nitrogens with one attached hydrogen (secondary N) is 1. The van der Waals surface area contributed by atoms with Crippen molar-refractivity contribution in [1.29, 1.82) is 0 Å². The molecule has 0 heterocycles. The molecule has 0 bridgehead atoms. The summed E-state index contributed by atoms with van der Waals surface area (Å²) >= 11 is 2.30. The molecule has 22 heavy (non-hydrogen) atoms. The van der Waals surface area contributed by atoms with Gasteiger partial charge < -0.3 is 4.55 Å². The molecule has 0 saturated heterocycles. The molecule has 0 aliphatic rings. The van der Waals surface area contributed by atoms with Crippen LogP contribution in [0.15, 0.2) is 59.1 Å². The van der Waals surface area contributed by atoms with Crippen LogP contribution in [-0.2, 0) is 16.9 Å². The topological polar surface area (TPSA) is 35.1 Å². The maximum atomic E-state index is 12.7. The van der Waals surface area contributed by atoms with Crippen LogP contribution in [0.1, 0.15) is 38.8 Å². The zero-order valence-electron chi connectivity index (χ0n) is 13.4. The first-order valence-electron chi connectivity index (χ1n) is 7.25. The first-order chi connectivity index (χ1) is 10.2. The van der Waals surface area contributed by atoms with Crippen molar-refractivity contribution in [2.45, 2.75) is 38.0 Å². The van der Waals surface area contributed by atoms with E-state index < -0.39 is 16.9 Å². The van der Waals surface area contributed by atoms with Crippen LogP contribution in [0.25, 0.3) is 0 Å². The molecule has 0 aromatic heterocycles. The van der Waals surface area contributed by atoms with Gasteiger partial charge in [0.05, 0.1) is 0 Å². The second-order valence-corrected chi connectivity index (χ2v) is 9.36. The van der Waals surface area contributed by atoms with Gasteiger partial charge in [0.2, 0.25) is 0 Å². The van der Waals surface area contributed by atoms with Crippen molar-refractivity contribution in [1.82, 2.24) is 4.72 Å². The van der Waals surface area contributed by atoms with Gasteiger partial charge in [0.15, 0.2) is 0 Å². The molecule has 0 spiro atoms. The Labute approximate surface area is 144 Å². The summed E-state index contributed by atoms with van der Waals surface area (Å²) in [5.41, 5.74) is 1.66. The Morgan fingerprint density at radius 1 is 0.864 bits per heavy atom. The molecule has 2 nitrogen and oxygen atoms in total. The molecule has 2 unspecified atom stereocenters. The molecule has 0 amide bonds. The largest absolute Gasteiger partial charge is 0.598 e. The fraction of sp³-hybridized carbons (Fsp3) is 0.333. The van der Waals surface area contributed by atoms with E-state index in [0.29, 0.717) is 0 Å². The summed E-state index contributed by atoms with van der Waals surface area (Å²) in [6, 6.07) is 18.3. The van der Waals surface area contributed by atoms with Crippen molar-refractivity contribution in [3.05, 3.63) is 70.2 Å². The van der Waals surface area contributed by atoms with E-state index in [-0.39, 0.29) is 4.75 Å². The molecular formula is C18H22BrNOS. The van der Waals surface area contributed by atoms with E-state index in [1.54, 1.807) is 0 Å². The highest BCUT2D eigenvalue weighted by Crippen LogP contribution is 2.32. The van der Waals surface area contributed by atoms with Crippen LogP contribution in [0.3, 0.4) is 0 Å². The summed E-state index contributed by atoms with van der Waals surface area (Å²) < 4.78 is 16.7. The Hall–Kier alpha value is -0.810. The van der Waals surface area contributed by atoms with Crippen LogP contribution in [0.5, 0.6) is 0 Å². The number of hydrogen-bond acceptors (Lipinski definition) is 2. The van der Waals surface area contributed by atoms with E-state index in [9.17, 15) is 4.55 Å². The number of rotatable bonds is 4. The van der Waals surface area contributed by atoms with Crippen LogP contribution in [0.4, 0.5) is 0 Å². The Bertz CT molecular complexity index is 609. The van der Waals surface area contributed by atoms with Gasteiger partial charge in [0.1, 0.15) is 10.3 Å². The minimum absolute atomic E-state index is 0.328. The molecule has 0 aliphatic carbocycles. The monoisotopic (exact) mass is 379 g/mol. The van der Waals surface area contributed by atoms with E-state index >= 15 is 0 Å². The van der Waals surface area contributed by atoms with Gasteiger partial charge in [-0.15, -0.1) is 4.72 Å². The molecule has 0 radical (unpaired) electrons. The van der Waals surface area contributed by atoms with Crippen LogP contribution in [-0.4, -0.2) is 9.30 Å². The van der Waals surface area contributed by atoms with E-state index in [4.69, 9.17) is 0 Å². The van der Waals surface area contributed by atoms with Crippen LogP contribution in [0.2, 0.25) is 0 Å². The average molecular weight is 380 g/mol. The van der Waals surface area contributed by atoms with Crippen molar-refractivity contribution in [2.24, 2.45) is 0 Å². The van der Waals surface area contributed by atoms with Gasteiger partial charge in [-0.1, -0.05) is 58.4 Å². The lowest BCUT2D eigenvalue weighted by molar-refractivity contribution is 0.481. The van der Waals surface area contributed by atoms with Crippen molar-refractivity contribution in [2.75, 3.05) is 0 Å². The lowest BCUT2D eigenvalue weighted by atomic mass is 9.86. The molecule has 2 aromatic carbocycles. The molecule has 2 atom stereocenters. The minimum atomic E-state index is -1.17. The second-order valence-electron chi connectivity index (χ2n) is 6.48. The molecule has 1 N–H and O–H groups in total. The first-order valence-corrected chi connectivity index (χ1v) is 9.19. The zero-order chi connectivity index (χ0) is 16.4.